The summed E-state index contributed by atoms with van der Waals surface area (Å²) in [5, 5.41) is 11.5. The molecule has 136 valence electrons. The molecule has 2 aromatic heterocycles. The summed E-state index contributed by atoms with van der Waals surface area (Å²) < 4.78 is 14.0. The Hall–Kier alpha value is -1.24. The molecule has 0 bridgehead atoms. The van der Waals surface area contributed by atoms with E-state index in [9.17, 15) is 0 Å². The Bertz CT molecular complexity index is 686. The number of hydrogen-bond donors (Lipinski definition) is 0. The van der Waals surface area contributed by atoms with Crippen LogP contribution in [0.3, 0.4) is 0 Å². The van der Waals surface area contributed by atoms with Gasteiger partial charge in [0.2, 0.25) is 0 Å². The molecule has 1 fully saturated rings. The van der Waals surface area contributed by atoms with Crippen LogP contribution in [0.4, 0.5) is 0 Å². The van der Waals surface area contributed by atoms with Crippen molar-refractivity contribution in [3.8, 4) is 0 Å². The molecular formula is C19H27N3O2S. The van der Waals surface area contributed by atoms with Crippen LogP contribution in [0.25, 0.3) is 0 Å². The molecule has 0 amide bonds. The topological polar surface area (TPSA) is 49.2 Å². The van der Waals surface area contributed by atoms with Gasteiger partial charge < -0.3 is 14.0 Å². The fraction of sp³-hybridized carbons (Fsp3) is 0.684. The highest BCUT2D eigenvalue weighted by atomic mass is 32.1. The minimum Gasteiger partial charge on any atom is -0.379 e. The number of hydrogen-bond acceptors (Lipinski definition) is 5. The molecule has 0 N–H and O–H groups in total. The summed E-state index contributed by atoms with van der Waals surface area (Å²) in [4.78, 5) is 1.35. The molecule has 3 atom stereocenters. The lowest BCUT2D eigenvalue weighted by Crippen LogP contribution is -2.30. The van der Waals surface area contributed by atoms with Gasteiger partial charge in [0.05, 0.1) is 17.6 Å². The third kappa shape index (κ3) is 2.94. The number of ether oxygens (including phenoxy) is 2. The fourth-order valence-corrected chi connectivity index (χ4v) is 5.51. The van der Waals surface area contributed by atoms with E-state index < -0.39 is 0 Å². The number of rotatable bonds is 4. The van der Waals surface area contributed by atoms with Crippen molar-refractivity contribution in [2.75, 3.05) is 14.2 Å². The van der Waals surface area contributed by atoms with Gasteiger partial charge in [0.15, 0.2) is 0 Å². The van der Waals surface area contributed by atoms with Crippen LogP contribution in [0.15, 0.2) is 17.5 Å². The van der Waals surface area contributed by atoms with Gasteiger partial charge in [-0.15, -0.1) is 21.5 Å². The first-order chi connectivity index (χ1) is 12.3. The number of nitrogens with zero attached hydrogens (tertiary/aromatic N) is 3. The molecule has 4 rings (SSSR count). The Morgan fingerprint density at radius 2 is 1.84 bits per heavy atom. The van der Waals surface area contributed by atoms with Crippen molar-refractivity contribution in [3.63, 3.8) is 0 Å². The molecule has 3 heterocycles. The third-order valence-electron chi connectivity index (χ3n) is 5.90. The van der Waals surface area contributed by atoms with Crippen molar-refractivity contribution in [2.24, 2.45) is 0 Å². The Labute approximate surface area is 153 Å². The minimum absolute atomic E-state index is 0.0913. The molecule has 6 heteroatoms. The monoisotopic (exact) mass is 361 g/mol. The Morgan fingerprint density at radius 3 is 2.52 bits per heavy atom. The quantitative estimate of drug-likeness (QED) is 0.835. The van der Waals surface area contributed by atoms with Gasteiger partial charge in [0.1, 0.15) is 11.6 Å². The maximum Gasteiger partial charge on any atom is 0.144 e. The number of aromatic nitrogens is 3. The average Bonchev–Trinajstić information content (AvgIpc) is 3.32. The van der Waals surface area contributed by atoms with E-state index in [4.69, 9.17) is 14.6 Å². The molecule has 2 aromatic rings. The van der Waals surface area contributed by atoms with E-state index in [2.05, 4.69) is 27.2 Å². The normalized spacial score (nSPS) is 30.0. The third-order valence-corrected chi connectivity index (χ3v) is 6.97. The number of aryl methyl sites for hydroxylation is 1. The molecule has 5 nitrogen and oxygen atoms in total. The highest BCUT2D eigenvalue weighted by molar-refractivity contribution is 7.10. The van der Waals surface area contributed by atoms with E-state index in [0.29, 0.717) is 0 Å². The zero-order valence-electron chi connectivity index (χ0n) is 15.1. The molecule has 1 aliphatic heterocycles. The van der Waals surface area contributed by atoms with E-state index in [1.54, 1.807) is 14.2 Å². The molecule has 2 aliphatic rings. The van der Waals surface area contributed by atoms with Crippen LogP contribution in [-0.2, 0) is 27.9 Å². The minimum atomic E-state index is -0.153. The largest absolute Gasteiger partial charge is 0.379 e. The maximum atomic E-state index is 5.78. The lowest BCUT2D eigenvalue weighted by atomic mass is 9.83. The smallest absolute Gasteiger partial charge is 0.144 e. The van der Waals surface area contributed by atoms with E-state index in [1.165, 1.54) is 30.6 Å². The van der Waals surface area contributed by atoms with Crippen molar-refractivity contribution in [2.45, 2.75) is 69.1 Å². The second-order valence-corrected chi connectivity index (χ2v) is 8.22. The summed E-state index contributed by atoms with van der Waals surface area (Å²) in [5.41, 5.74) is -0.153. The molecule has 0 aromatic carbocycles. The first kappa shape index (κ1) is 17.2. The van der Waals surface area contributed by atoms with Crippen molar-refractivity contribution in [1.29, 1.82) is 0 Å². The van der Waals surface area contributed by atoms with Gasteiger partial charge in [-0.3, -0.25) is 0 Å². The van der Waals surface area contributed by atoms with Crippen molar-refractivity contribution < 1.29 is 9.47 Å². The second-order valence-electron chi connectivity index (χ2n) is 7.27. The summed E-state index contributed by atoms with van der Waals surface area (Å²) in [6, 6.07) is 4.37. The predicted molar refractivity (Wildman–Crippen MR) is 98.1 cm³/mol. The fourth-order valence-electron chi connectivity index (χ4n) is 4.56. The summed E-state index contributed by atoms with van der Waals surface area (Å²) >= 11 is 1.81. The highest BCUT2D eigenvalue weighted by Crippen LogP contribution is 2.49. The maximum absolute atomic E-state index is 5.78. The van der Waals surface area contributed by atoms with Crippen LogP contribution in [-0.4, -0.2) is 41.2 Å². The van der Waals surface area contributed by atoms with Crippen molar-refractivity contribution in [3.05, 3.63) is 34.0 Å². The van der Waals surface area contributed by atoms with E-state index in [0.717, 1.165) is 37.5 Å². The first-order valence-electron chi connectivity index (χ1n) is 9.30. The van der Waals surface area contributed by atoms with E-state index in [1.807, 2.05) is 11.3 Å². The van der Waals surface area contributed by atoms with E-state index in [-0.39, 0.29) is 17.6 Å². The number of thiophene rings is 1. The summed E-state index contributed by atoms with van der Waals surface area (Å²) in [6.07, 6.45) is 8.05. The van der Waals surface area contributed by atoms with Crippen molar-refractivity contribution in [1.82, 2.24) is 14.8 Å². The predicted octanol–water partition coefficient (Wildman–Crippen LogP) is 3.57. The lowest BCUT2D eigenvalue weighted by molar-refractivity contribution is -0.0157. The van der Waals surface area contributed by atoms with Crippen LogP contribution in [0.1, 0.15) is 55.1 Å². The summed E-state index contributed by atoms with van der Waals surface area (Å²) in [7, 11) is 3.57. The van der Waals surface area contributed by atoms with Crippen LogP contribution >= 0.6 is 11.3 Å². The molecule has 1 unspecified atom stereocenters. The molecular weight excluding hydrogens is 334 g/mol. The number of methoxy groups -OCH3 is 2. The van der Waals surface area contributed by atoms with Crippen LogP contribution in [0.5, 0.6) is 0 Å². The molecule has 25 heavy (non-hydrogen) atoms. The van der Waals surface area contributed by atoms with Crippen LogP contribution in [0.2, 0.25) is 0 Å². The second kappa shape index (κ2) is 7.17. The number of fused-ring (bicyclic) bond motifs is 1. The average molecular weight is 362 g/mol. The van der Waals surface area contributed by atoms with Gasteiger partial charge in [-0.1, -0.05) is 18.9 Å². The SMILES string of the molecule is CO[C@H]1CC(c2cccs2)(c2nnc3n2CCCCCC3)C[C@H]1OC. The Kier molecular flexibility index (Phi) is 4.93. The first-order valence-corrected chi connectivity index (χ1v) is 10.2. The van der Waals surface area contributed by atoms with Gasteiger partial charge >= 0.3 is 0 Å². The zero-order valence-corrected chi connectivity index (χ0v) is 15.9. The highest BCUT2D eigenvalue weighted by Gasteiger charge is 2.52. The Balaban J connectivity index is 1.81. The molecule has 1 saturated carbocycles. The van der Waals surface area contributed by atoms with Gasteiger partial charge in [-0.05, 0) is 37.1 Å². The summed E-state index contributed by atoms with van der Waals surface area (Å²) in [5.74, 6) is 2.27. The molecule has 0 saturated heterocycles. The zero-order chi connectivity index (χ0) is 17.3. The Morgan fingerprint density at radius 1 is 1.08 bits per heavy atom. The van der Waals surface area contributed by atoms with Gasteiger partial charge in [-0.2, -0.15) is 0 Å². The van der Waals surface area contributed by atoms with Gasteiger partial charge in [0, 0.05) is 32.1 Å². The standard InChI is InChI=1S/C19H27N3O2S/c1-23-14-12-19(13-15(14)24-2,16-8-7-11-25-16)18-21-20-17-9-5-3-4-6-10-22(17)18/h7-8,11,14-15H,3-6,9-10,12-13H2,1-2H3/t14-,15+,19?. The van der Waals surface area contributed by atoms with Gasteiger partial charge in [-0.25, -0.2) is 0 Å². The van der Waals surface area contributed by atoms with Crippen molar-refractivity contribution >= 4 is 11.3 Å². The van der Waals surface area contributed by atoms with Crippen LogP contribution in [0, 0.1) is 0 Å². The lowest BCUT2D eigenvalue weighted by Gasteiger charge is -2.28. The summed E-state index contributed by atoms with van der Waals surface area (Å²) in [6.45, 7) is 1.03. The van der Waals surface area contributed by atoms with E-state index >= 15 is 0 Å². The van der Waals surface area contributed by atoms with Gasteiger partial charge in [0.25, 0.3) is 0 Å². The molecule has 0 radical (unpaired) electrons. The molecule has 1 aliphatic carbocycles. The van der Waals surface area contributed by atoms with Crippen LogP contribution < -0.4 is 0 Å². The molecule has 0 spiro atoms.